The minimum Gasteiger partial charge on any atom is -0.388 e. The average molecular weight is 381 g/mol. The molecule has 3 rings (SSSR count). The molecule has 0 fully saturated rings. The third kappa shape index (κ3) is 3.09. The number of nitrogens with zero attached hydrogens (tertiary/aromatic N) is 1. The van der Waals surface area contributed by atoms with Crippen LogP contribution < -0.4 is 10.2 Å². The van der Waals surface area contributed by atoms with Crippen molar-refractivity contribution in [2.45, 2.75) is 18.1 Å². The highest BCUT2D eigenvalue weighted by molar-refractivity contribution is 6.38. The van der Waals surface area contributed by atoms with Gasteiger partial charge in [0.05, 0.1) is 16.8 Å². The van der Waals surface area contributed by atoms with Gasteiger partial charge in [-0.05, 0) is 29.8 Å². The van der Waals surface area contributed by atoms with E-state index in [1.54, 1.807) is 18.2 Å². The standard InChI is InChI=1S/C18H18Cl2N2O3/c1-22(2)11-5-3-10(4-6-11)14(23)9-18(25)15-12(19)7-8-13(20)16(15)21-17(18)24/h3-8,14,23,25H,9H2,1-2H3,(H,21,24)/t14?,18-/m0/s1. The van der Waals surface area contributed by atoms with Crippen molar-refractivity contribution in [2.24, 2.45) is 0 Å². The lowest BCUT2D eigenvalue weighted by molar-refractivity contribution is -0.137. The zero-order valence-electron chi connectivity index (χ0n) is 13.8. The Morgan fingerprint density at radius 1 is 1.12 bits per heavy atom. The molecule has 0 radical (unpaired) electrons. The Bertz CT molecular complexity index is 824. The molecule has 0 aliphatic carbocycles. The smallest absolute Gasteiger partial charge is 0.261 e. The second-order valence-corrected chi connectivity index (χ2v) is 7.11. The fourth-order valence-electron chi connectivity index (χ4n) is 3.00. The van der Waals surface area contributed by atoms with Gasteiger partial charge in [-0.1, -0.05) is 35.3 Å². The van der Waals surface area contributed by atoms with E-state index in [9.17, 15) is 15.0 Å². The number of halogens is 2. The van der Waals surface area contributed by atoms with Crippen molar-refractivity contribution >= 4 is 40.5 Å². The first-order valence-corrected chi connectivity index (χ1v) is 8.47. The fraction of sp³-hybridized carbons (Fsp3) is 0.278. The number of hydrogen-bond donors (Lipinski definition) is 3. The van der Waals surface area contributed by atoms with E-state index in [4.69, 9.17) is 23.2 Å². The van der Waals surface area contributed by atoms with Crippen LogP contribution in [-0.4, -0.2) is 30.2 Å². The Morgan fingerprint density at radius 3 is 2.32 bits per heavy atom. The molecule has 0 aromatic heterocycles. The summed E-state index contributed by atoms with van der Waals surface area (Å²) in [5.74, 6) is -0.651. The number of fused-ring (bicyclic) bond motifs is 1. The van der Waals surface area contributed by atoms with Crippen LogP contribution in [0.25, 0.3) is 0 Å². The largest absolute Gasteiger partial charge is 0.388 e. The molecule has 2 aromatic rings. The van der Waals surface area contributed by atoms with E-state index in [0.717, 1.165) is 5.69 Å². The lowest BCUT2D eigenvalue weighted by Crippen LogP contribution is -2.36. The Morgan fingerprint density at radius 2 is 1.72 bits per heavy atom. The molecule has 2 atom stereocenters. The molecule has 0 spiro atoms. The van der Waals surface area contributed by atoms with Gasteiger partial charge >= 0.3 is 0 Å². The predicted molar refractivity (Wildman–Crippen MR) is 99.3 cm³/mol. The molecule has 0 saturated carbocycles. The van der Waals surface area contributed by atoms with E-state index in [1.165, 1.54) is 6.07 Å². The maximum absolute atomic E-state index is 12.4. The molecule has 25 heavy (non-hydrogen) atoms. The summed E-state index contributed by atoms with van der Waals surface area (Å²) in [6.45, 7) is 0. The average Bonchev–Trinajstić information content (AvgIpc) is 2.83. The summed E-state index contributed by atoms with van der Waals surface area (Å²) < 4.78 is 0. The summed E-state index contributed by atoms with van der Waals surface area (Å²) in [6, 6.07) is 10.3. The van der Waals surface area contributed by atoms with Crippen molar-refractivity contribution in [3.05, 3.63) is 57.6 Å². The third-order valence-electron chi connectivity index (χ3n) is 4.41. The number of benzene rings is 2. The number of carbonyl (C=O) groups excluding carboxylic acids is 1. The van der Waals surface area contributed by atoms with Crippen LogP contribution >= 0.6 is 23.2 Å². The van der Waals surface area contributed by atoms with Gasteiger partial charge in [-0.2, -0.15) is 0 Å². The van der Waals surface area contributed by atoms with Gasteiger partial charge in [0.2, 0.25) is 0 Å². The summed E-state index contributed by atoms with van der Waals surface area (Å²) in [5.41, 5.74) is 0.121. The Kier molecular flexibility index (Phi) is 4.68. The van der Waals surface area contributed by atoms with Crippen LogP contribution in [0.3, 0.4) is 0 Å². The fourth-order valence-corrected chi connectivity index (χ4v) is 3.51. The van der Waals surface area contributed by atoms with Gasteiger partial charge in [-0.25, -0.2) is 0 Å². The molecular weight excluding hydrogens is 363 g/mol. The minimum atomic E-state index is -1.95. The number of aliphatic hydroxyl groups is 2. The Hall–Kier alpha value is -1.79. The SMILES string of the molecule is CN(C)c1ccc(C(O)C[C@@]2(O)C(=O)Nc3c(Cl)ccc(Cl)c32)cc1. The van der Waals surface area contributed by atoms with Gasteiger partial charge in [-0.15, -0.1) is 0 Å². The Labute approximate surface area is 155 Å². The number of amides is 1. The molecule has 0 saturated heterocycles. The third-order valence-corrected chi connectivity index (χ3v) is 5.04. The first-order chi connectivity index (χ1) is 11.7. The van der Waals surface area contributed by atoms with Gasteiger partial charge in [0.15, 0.2) is 5.60 Å². The quantitative estimate of drug-likeness (QED) is 0.760. The number of rotatable bonds is 4. The van der Waals surface area contributed by atoms with Crippen molar-refractivity contribution in [1.82, 2.24) is 0 Å². The van der Waals surface area contributed by atoms with Crippen LogP contribution in [0, 0.1) is 0 Å². The van der Waals surface area contributed by atoms with Crippen molar-refractivity contribution in [3.8, 4) is 0 Å². The van der Waals surface area contributed by atoms with E-state index >= 15 is 0 Å². The maximum Gasteiger partial charge on any atom is 0.261 e. The number of hydrogen-bond acceptors (Lipinski definition) is 4. The first kappa shape index (κ1) is 18.0. The zero-order chi connectivity index (χ0) is 18.4. The highest BCUT2D eigenvalue weighted by Gasteiger charge is 2.49. The summed E-state index contributed by atoms with van der Waals surface area (Å²) in [6.07, 6.45) is -1.28. The van der Waals surface area contributed by atoms with Crippen molar-refractivity contribution in [1.29, 1.82) is 0 Å². The predicted octanol–water partition coefficient (Wildman–Crippen LogP) is 3.32. The van der Waals surface area contributed by atoms with Crippen LogP contribution in [0.1, 0.15) is 23.7 Å². The summed E-state index contributed by atoms with van der Waals surface area (Å²) in [7, 11) is 3.83. The van der Waals surface area contributed by atoms with Crippen LogP contribution in [-0.2, 0) is 10.4 Å². The van der Waals surface area contributed by atoms with Crippen molar-refractivity contribution in [2.75, 3.05) is 24.3 Å². The van der Waals surface area contributed by atoms with Crippen LogP contribution in [0.5, 0.6) is 0 Å². The zero-order valence-corrected chi connectivity index (χ0v) is 15.3. The topological polar surface area (TPSA) is 72.8 Å². The highest BCUT2D eigenvalue weighted by atomic mass is 35.5. The molecule has 0 bridgehead atoms. The normalized spacial score (nSPS) is 20.2. The molecule has 1 aliphatic rings. The van der Waals surface area contributed by atoms with E-state index in [1.807, 2.05) is 31.1 Å². The molecule has 1 heterocycles. The number of anilines is 2. The van der Waals surface area contributed by atoms with Crippen LogP contribution in [0.4, 0.5) is 11.4 Å². The summed E-state index contributed by atoms with van der Waals surface area (Å²) in [4.78, 5) is 14.3. The molecule has 5 nitrogen and oxygen atoms in total. The molecule has 1 unspecified atom stereocenters. The monoisotopic (exact) mass is 380 g/mol. The van der Waals surface area contributed by atoms with Gasteiger partial charge in [-0.3, -0.25) is 4.79 Å². The summed E-state index contributed by atoms with van der Waals surface area (Å²) in [5, 5.41) is 24.6. The van der Waals surface area contributed by atoms with E-state index in [0.29, 0.717) is 5.56 Å². The van der Waals surface area contributed by atoms with Gasteiger partial charge in [0.1, 0.15) is 0 Å². The Balaban J connectivity index is 1.92. The van der Waals surface area contributed by atoms with Gasteiger partial charge in [0.25, 0.3) is 5.91 Å². The highest BCUT2D eigenvalue weighted by Crippen LogP contribution is 2.47. The second-order valence-electron chi connectivity index (χ2n) is 6.30. The van der Waals surface area contributed by atoms with E-state index in [-0.39, 0.29) is 27.7 Å². The minimum absolute atomic E-state index is 0.204. The molecule has 1 amide bonds. The maximum atomic E-state index is 12.4. The molecule has 3 N–H and O–H groups in total. The first-order valence-electron chi connectivity index (χ1n) is 7.71. The molecule has 7 heteroatoms. The lowest BCUT2D eigenvalue weighted by atomic mass is 9.87. The van der Waals surface area contributed by atoms with Crippen molar-refractivity contribution < 1.29 is 15.0 Å². The molecule has 2 aromatic carbocycles. The molecule has 132 valence electrons. The van der Waals surface area contributed by atoms with E-state index in [2.05, 4.69) is 5.32 Å². The van der Waals surface area contributed by atoms with Crippen molar-refractivity contribution in [3.63, 3.8) is 0 Å². The summed E-state index contributed by atoms with van der Waals surface area (Å²) >= 11 is 12.3. The number of carbonyl (C=O) groups is 1. The lowest BCUT2D eigenvalue weighted by Gasteiger charge is -2.25. The van der Waals surface area contributed by atoms with Crippen LogP contribution in [0.2, 0.25) is 10.0 Å². The second kappa shape index (κ2) is 6.50. The number of aliphatic hydroxyl groups excluding tert-OH is 1. The van der Waals surface area contributed by atoms with Gasteiger partial charge in [0, 0.05) is 36.8 Å². The van der Waals surface area contributed by atoms with Gasteiger partial charge < -0.3 is 20.4 Å². The van der Waals surface area contributed by atoms with Crippen LogP contribution in [0.15, 0.2) is 36.4 Å². The van der Waals surface area contributed by atoms with E-state index < -0.39 is 17.6 Å². The number of nitrogens with one attached hydrogen (secondary N) is 1. The molecular formula is C18H18Cl2N2O3. The molecule has 1 aliphatic heterocycles.